The van der Waals surface area contributed by atoms with Crippen LogP contribution in [0.1, 0.15) is 80.8 Å². The maximum atomic E-state index is 12.4. The van der Waals surface area contributed by atoms with E-state index in [0.717, 1.165) is 57.8 Å². The fraction of sp³-hybridized carbons (Fsp3) is 0.500. The quantitative estimate of drug-likeness (QED) is 0.383. The van der Waals surface area contributed by atoms with Gasteiger partial charge < -0.3 is 10.1 Å². The Bertz CT molecular complexity index is 933. The van der Waals surface area contributed by atoms with Gasteiger partial charge in [0.1, 0.15) is 5.75 Å². The Balaban J connectivity index is 0.000000273. The Morgan fingerprint density at radius 2 is 1.76 bits per heavy atom. The lowest BCUT2D eigenvalue weighted by Crippen LogP contribution is -2.27. The zero-order chi connectivity index (χ0) is 24.4. The van der Waals surface area contributed by atoms with Crippen LogP contribution in [0.15, 0.2) is 40.9 Å². The van der Waals surface area contributed by atoms with E-state index < -0.39 is 0 Å². The predicted octanol–water partition coefficient (Wildman–Crippen LogP) is 7.76. The summed E-state index contributed by atoms with van der Waals surface area (Å²) in [5.41, 5.74) is 3.85. The van der Waals surface area contributed by atoms with Crippen LogP contribution in [0.4, 0.5) is 5.69 Å². The Kier molecular flexibility index (Phi) is 11.1. The van der Waals surface area contributed by atoms with Crippen molar-refractivity contribution in [3.63, 3.8) is 0 Å². The standard InChI is InChI=1S/C18H27NO2.C10H11BrO/c1-4-5-14-7-9-15(10-8-14)18(20)19-16-11-6-13(2)17(12-16)21-3;1-3-8-6-9(11)4-5-10(8)7(2)12/h6,11-12,14-15H,4-5,7-10H2,1-3H3,(H,19,20);4-6H,3H2,1-2H3. The van der Waals surface area contributed by atoms with Gasteiger partial charge in [0.05, 0.1) is 7.11 Å². The molecule has 0 atom stereocenters. The highest BCUT2D eigenvalue weighted by atomic mass is 79.9. The van der Waals surface area contributed by atoms with Crippen molar-refractivity contribution in [1.29, 1.82) is 0 Å². The van der Waals surface area contributed by atoms with Crippen molar-refractivity contribution < 1.29 is 14.3 Å². The van der Waals surface area contributed by atoms with E-state index in [0.29, 0.717) is 0 Å². The number of ketones is 1. The van der Waals surface area contributed by atoms with Crippen molar-refractivity contribution in [1.82, 2.24) is 0 Å². The van der Waals surface area contributed by atoms with Gasteiger partial charge >= 0.3 is 0 Å². The molecule has 5 heteroatoms. The summed E-state index contributed by atoms with van der Waals surface area (Å²) in [6.07, 6.45) is 7.91. The molecule has 1 aliphatic rings. The summed E-state index contributed by atoms with van der Waals surface area (Å²) in [6, 6.07) is 11.6. The fourth-order valence-electron chi connectivity index (χ4n) is 4.46. The normalized spacial score (nSPS) is 17.5. The third-order valence-electron chi connectivity index (χ3n) is 6.42. The molecule has 4 nitrogen and oxygen atoms in total. The average molecular weight is 517 g/mol. The lowest BCUT2D eigenvalue weighted by Gasteiger charge is -2.27. The second kappa shape index (κ2) is 13.5. The Morgan fingerprint density at radius 1 is 1.06 bits per heavy atom. The number of rotatable bonds is 7. The molecule has 0 aliphatic heterocycles. The molecule has 1 N–H and O–H groups in total. The molecule has 180 valence electrons. The zero-order valence-electron chi connectivity index (χ0n) is 20.7. The number of ether oxygens (including phenoxy) is 1. The van der Waals surface area contributed by atoms with E-state index in [2.05, 4.69) is 28.2 Å². The Morgan fingerprint density at radius 3 is 2.33 bits per heavy atom. The molecule has 2 aromatic carbocycles. The van der Waals surface area contributed by atoms with Gasteiger partial charge in [-0.05, 0) is 81.2 Å². The van der Waals surface area contributed by atoms with E-state index in [1.165, 1.54) is 25.7 Å². The van der Waals surface area contributed by atoms with E-state index in [-0.39, 0.29) is 17.6 Å². The van der Waals surface area contributed by atoms with Crippen LogP contribution in [0.3, 0.4) is 0 Å². The van der Waals surface area contributed by atoms with Crippen LogP contribution in [0.2, 0.25) is 0 Å². The third-order valence-corrected chi connectivity index (χ3v) is 6.91. The van der Waals surface area contributed by atoms with Crippen molar-refractivity contribution in [2.24, 2.45) is 11.8 Å². The first-order valence-corrected chi connectivity index (χ1v) is 12.8. The van der Waals surface area contributed by atoms with E-state index in [1.54, 1.807) is 14.0 Å². The van der Waals surface area contributed by atoms with Gasteiger partial charge in [-0.3, -0.25) is 9.59 Å². The number of halogens is 1. The van der Waals surface area contributed by atoms with Crippen molar-refractivity contribution in [3.05, 3.63) is 57.6 Å². The van der Waals surface area contributed by atoms with Crippen LogP contribution < -0.4 is 10.1 Å². The van der Waals surface area contributed by atoms with Gasteiger partial charge in [0.15, 0.2) is 5.78 Å². The molecule has 1 amide bonds. The van der Waals surface area contributed by atoms with Gasteiger partial charge in [0.25, 0.3) is 0 Å². The molecule has 2 aromatic rings. The molecule has 0 aromatic heterocycles. The summed E-state index contributed by atoms with van der Waals surface area (Å²) >= 11 is 3.37. The van der Waals surface area contributed by atoms with Crippen LogP contribution in [0.5, 0.6) is 5.75 Å². The van der Waals surface area contributed by atoms with Crippen LogP contribution in [-0.4, -0.2) is 18.8 Å². The van der Waals surface area contributed by atoms with E-state index in [4.69, 9.17) is 4.74 Å². The summed E-state index contributed by atoms with van der Waals surface area (Å²) in [7, 11) is 1.66. The van der Waals surface area contributed by atoms with Gasteiger partial charge in [0, 0.05) is 27.7 Å². The molecule has 0 spiro atoms. The first kappa shape index (κ1) is 27.1. The van der Waals surface area contributed by atoms with Crippen molar-refractivity contribution in [2.75, 3.05) is 12.4 Å². The molecule has 1 saturated carbocycles. The van der Waals surface area contributed by atoms with Crippen molar-refractivity contribution >= 4 is 33.3 Å². The number of carbonyl (C=O) groups excluding carboxylic acids is 2. The number of aryl methyl sites for hydroxylation is 2. The summed E-state index contributed by atoms with van der Waals surface area (Å²) < 4.78 is 6.33. The van der Waals surface area contributed by atoms with Gasteiger partial charge in [-0.1, -0.05) is 54.8 Å². The number of methoxy groups -OCH3 is 1. The lowest BCUT2D eigenvalue weighted by molar-refractivity contribution is -0.121. The summed E-state index contributed by atoms with van der Waals surface area (Å²) in [5, 5.41) is 3.04. The molecule has 0 saturated heterocycles. The molecule has 3 rings (SSSR count). The molecule has 0 unspecified atom stereocenters. The van der Waals surface area contributed by atoms with E-state index >= 15 is 0 Å². The van der Waals surface area contributed by atoms with Gasteiger partial charge in [-0.25, -0.2) is 0 Å². The minimum atomic E-state index is 0.138. The van der Waals surface area contributed by atoms with Crippen molar-refractivity contribution in [3.8, 4) is 5.75 Å². The van der Waals surface area contributed by atoms with E-state index in [9.17, 15) is 9.59 Å². The number of carbonyl (C=O) groups is 2. The zero-order valence-corrected chi connectivity index (χ0v) is 22.3. The van der Waals surface area contributed by atoms with E-state index in [1.807, 2.05) is 50.2 Å². The molecular weight excluding hydrogens is 478 g/mol. The molecular formula is C28H38BrNO3. The molecule has 0 heterocycles. The van der Waals surface area contributed by atoms with Crippen molar-refractivity contribution in [2.45, 2.75) is 72.6 Å². The van der Waals surface area contributed by atoms with Crippen LogP contribution in [0, 0.1) is 18.8 Å². The number of Topliss-reactive ketones (excluding diaryl/α,β-unsaturated/α-hetero) is 1. The second-order valence-electron chi connectivity index (χ2n) is 8.89. The highest BCUT2D eigenvalue weighted by Gasteiger charge is 2.25. The number of hydrogen-bond acceptors (Lipinski definition) is 3. The number of hydrogen-bond donors (Lipinski definition) is 1. The monoisotopic (exact) mass is 515 g/mol. The summed E-state index contributed by atoms with van der Waals surface area (Å²) in [4.78, 5) is 23.5. The molecule has 0 bridgehead atoms. The minimum Gasteiger partial charge on any atom is -0.496 e. The smallest absolute Gasteiger partial charge is 0.227 e. The lowest BCUT2D eigenvalue weighted by atomic mass is 9.80. The first-order chi connectivity index (χ1) is 15.8. The average Bonchev–Trinajstić information content (AvgIpc) is 2.81. The van der Waals surface area contributed by atoms with Crippen LogP contribution in [0.25, 0.3) is 0 Å². The molecule has 33 heavy (non-hydrogen) atoms. The predicted molar refractivity (Wildman–Crippen MR) is 140 cm³/mol. The fourth-order valence-corrected chi connectivity index (χ4v) is 4.87. The van der Waals surface area contributed by atoms with Gasteiger partial charge in [-0.15, -0.1) is 0 Å². The number of anilines is 1. The van der Waals surface area contributed by atoms with Crippen LogP contribution in [-0.2, 0) is 11.2 Å². The minimum absolute atomic E-state index is 0.138. The topological polar surface area (TPSA) is 55.4 Å². The maximum Gasteiger partial charge on any atom is 0.227 e. The molecule has 1 aliphatic carbocycles. The largest absolute Gasteiger partial charge is 0.496 e. The number of nitrogens with one attached hydrogen (secondary N) is 1. The first-order valence-electron chi connectivity index (χ1n) is 12.0. The second-order valence-corrected chi connectivity index (χ2v) is 9.81. The SMILES string of the molecule is CCCC1CCC(C(=O)Nc2ccc(C)c(OC)c2)CC1.CCc1cc(Br)ccc1C(C)=O. The molecule has 1 fully saturated rings. The highest BCUT2D eigenvalue weighted by Crippen LogP contribution is 2.32. The Hall–Kier alpha value is -2.14. The van der Waals surface area contributed by atoms with Gasteiger partial charge in [-0.2, -0.15) is 0 Å². The summed E-state index contributed by atoms with van der Waals surface area (Å²) in [5.74, 6) is 2.12. The maximum absolute atomic E-state index is 12.4. The highest BCUT2D eigenvalue weighted by molar-refractivity contribution is 9.10. The van der Waals surface area contributed by atoms with Gasteiger partial charge in [0.2, 0.25) is 5.91 Å². The third kappa shape index (κ3) is 8.29. The molecule has 0 radical (unpaired) electrons. The summed E-state index contributed by atoms with van der Waals surface area (Å²) in [6.45, 7) is 7.89. The number of benzene rings is 2. The number of amides is 1. The Labute approximate surface area is 207 Å². The van der Waals surface area contributed by atoms with Crippen LogP contribution >= 0.6 is 15.9 Å².